The normalized spacial score (nSPS) is 33.9. The van der Waals surface area contributed by atoms with Crippen LogP contribution in [0.5, 0.6) is 0 Å². The second kappa shape index (κ2) is 6.03. The molecule has 0 spiro atoms. The lowest BCUT2D eigenvalue weighted by Crippen LogP contribution is -2.46. The molecule has 0 heterocycles. The highest BCUT2D eigenvalue weighted by atomic mass is 32.1. The number of hydrogen-bond acceptors (Lipinski definition) is 1. The fourth-order valence-electron chi connectivity index (χ4n) is 3.49. The van der Waals surface area contributed by atoms with E-state index < -0.39 is 0 Å². The zero-order valence-electron chi connectivity index (χ0n) is 11.2. The number of nitrogens with one attached hydrogen (secondary N) is 2. The molecule has 0 saturated heterocycles. The van der Waals surface area contributed by atoms with Crippen LogP contribution in [0.4, 0.5) is 0 Å². The molecule has 3 heteroatoms. The predicted molar refractivity (Wildman–Crippen MR) is 77.1 cm³/mol. The summed E-state index contributed by atoms with van der Waals surface area (Å²) in [5.41, 5.74) is 0. The molecule has 2 rings (SSSR count). The fourth-order valence-corrected chi connectivity index (χ4v) is 3.81. The Morgan fingerprint density at radius 2 is 1.82 bits per heavy atom. The van der Waals surface area contributed by atoms with E-state index in [2.05, 4.69) is 24.5 Å². The molecule has 2 aliphatic carbocycles. The predicted octanol–water partition coefficient (Wildman–Crippen LogP) is 3.22. The first-order valence-corrected chi connectivity index (χ1v) is 7.68. The molecule has 0 aliphatic heterocycles. The Kier molecular flexibility index (Phi) is 4.66. The third kappa shape index (κ3) is 3.34. The molecule has 0 amide bonds. The van der Waals surface area contributed by atoms with Crippen molar-refractivity contribution in [3.8, 4) is 0 Å². The summed E-state index contributed by atoms with van der Waals surface area (Å²) in [6.07, 6.45) is 9.25. The van der Waals surface area contributed by atoms with Crippen LogP contribution >= 0.6 is 12.2 Å². The van der Waals surface area contributed by atoms with Crippen molar-refractivity contribution in [1.29, 1.82) is 0 Å². The number of rotatable bonds is 3. The molecule has 2 aliphatic rings. The van der Waals surface area contributed by atoms with Crippen LogP contribution in [0.15, 0.2) is 0 Å². The largest absolute Gasteiger partial charge is 0.360 e. The third-order valence-corrected chi connectivity index (χ3v) is 4.99. The van der Waals surface area contributed by atoms with Crippen molar-refractivity contribution in [3.05, 3.63) is 0 Å². The van der Waals surface area contributed by atoms with Gasteiger partial charge in [-0.2, -0.15) is 0 Å². The van der Waals surface area contributed by atoms with Gasteiger partial charge in [0.05, 0.1) is 0 Å². The number of thiocarbonyl (C=S) groups is 1. The molecule has 0 bridgehead atoms. The van der Waals surface area contributed by atoms with Gasteiger partial charge in [0.1, 0.15) is 0 Å². The van der Waals surface area contributed by atoms with E-state index in [9.17, 15) is 0 Å². The highest BCUT2D eigenvalue weighted by molar-refractivity contribution is 7.80. The van der Waals surface area contributed by atoms with Crippen LogP contribution in [0.2, 0.25) is 0 Å². The van der Waals surface area contributed by atoms with E-state index in [0.29, 0.717) is 12.1 Å². The van der Waals surface area contributed by atoms with Gasteiger partial charge in [-0.3, -0.25) is 0 Å². The molecule has 2 nitrogen and oxygen atoms in total. The summed E-state index contributed by atoms with van der Waals surface area (Å²) in [6, 6.07) is 1.23. The Balaban J connectivity index is 1.74. The summed E-state index contributed by atoms with van der Waals surface area (Å²) < 4.78 is 0. The minimum atomic E-state index is 0.598. The Morgan fingerprint density at radius 1 is 1.12 bits per heavy atom. The van der Waals surface area contributed by atoms with Crippen LogP contribution in [0.1, 0.15) is 58.8 Å². The summed E-state index contributed by atoms with van der Waals surface area (Å²) in [4.78, 5) is 0. The van der Waals surface area contributed by atoms with E-state index >= 15 is 0 Å². The molecular formula is C14H26N2S. The maximum atomic E-state index is 5.43. The molecule has 2 fully saturated rings. The van der Waals surface area contributed by atoms with Crippen LogP contribution in [-0.4, -0.2) is 17.2 Å². The molecular weight excluding hydrogens is 228 g/mol. The Hall–Kier alpha value is -0.310. The lowest BCUT2D eigenvalue weighted by molar-refractivity contribution is 0.367. The maximum absolute atomic E-state index is 5.43. The molecule has 0 aromatic rings. The standard InChI is InChI=1S/C14H26N2S/c1-3-11-8-9-13(10(11)2)16-14(17)15-12-6-4-5-7-12/h10-13H,3-9H2,1-2H3,(H2,15,16,17). The second-order valence-electron chi connectivity index (χ2n) is 5.81. The van der Waals surface area contributed by atoms with Crippen LogP contribution in [0.3, 0.4) is 0 Å². The molecule has 2 saturated carbocycles. The average Bonchev–Trinajstić information content (AvgIpc) is 2.90. The Bertz CT molecular complexity index is 261. The van der Waals surface area contributed by atoms with Crippen LogP contribution in [0, 0.1) is 11.8 Å². The maximum Gasteiger partial charge on any atom is 0.166 e. The van der Waals surface area contributed by atoms with Crippen molar-refractivity contribution in [1.82, 2.24) is 10.6 Å². The Morgan fingerprint density at radius 3 is 2.41 bits per heavy atom. The van der Waals surface area contributed by atoms with Crippen molar-refractivity contribution < 1.29 is 0 Å². The zero-order valence-corrected chi connectivity index (χ0v) is 12.0. The molecule has 0 aromatic carbocycles. The SMILES string of the molecule is CCC1CCC(NC(=S)NC2CCCC2)C1C. The van der Waals surface area contributed by atoms with E-state index in [1.165, 1.54) is 44.9 Å². The van der Waals surface area contributed by atoms with E-state index in [-0.39, 0.29) is 0 Å². The van der Waals surface area contributed by atoms with E-state index in [4.69, 9.17) is 12.2 Å². The van der Waals surface area contributed by atoms with Crippen LogP contribution in [-0.2, 0) is 0 Å². The first kappa shape index (κ1) is 13.1. The zero-order chi connectivity index (χ0) is 12.3. The summed E-state index contributed by atoms with van der Waals surface area (Å²) in [5, 5.41) is 7.91. The van der Waals surface area contributed by atoms with Crippen molar-refractivity contribution in [2.45, 2.75) is 70.9 Å². The van der Waals surface area contributed by atoms with Crippen molar-refractivity contribution in [3.63, 3.8) is 0 Å². The lowest BCUT2D eigenvalue weighted by atomic mass is 9.94. The summed E-state index contributed by atoms with van der Waals surface area (Å²) in [5.74, 6) is 1.66. The van der Waals surface area contributed by atoms with Gasteiger partial charge in [-0.1, -0.05) is 33.1 Å². The van der Waals surface area contributed by atoms with Crippen LogP contribution < -0.4 is 10.6 Å². The van der Waals surface area contributed by atoms with Gasteiger partial charge in [-0.15, -0.1) is 0 Å². The topological polar surface area (TPSA) is 24.1 Å². The molecule has 2 N–H and O–H groups in total. The fraction of sp³-hybridized carbons (Fsp3) is 0.929. The van der Waals surface area contributed by atoms with Crippen LogP contribution in [0.25, 0.3) is 0 Å². The smallest absolute Gasteiger partial charge is 0.166 e. The van der Waals surface area contributed by atoms with Gasteiger partial charge < -0.3 is 10.6 Å². The molecule has 98 valence electrons. The van der Waals surface area contributed by atoms with Gasteiger partial charge >= 0.3 is 0 Å². The second-order valence-corrected chi connectivity index (χ2v) is 6.22. The van der Waals surface area contributed by atoms with Gasteiger partial charge in [0.15, 0.2) is 5.11 Å². The van der Waals surface area contributed by atoms with Crippen molar-refractivity contribution in [2.75, 3.05) is 0 Å². The lowest BCUT2D eigenvalue weighted by Gasteiger charge is -2.24. The van der Waals surface area contributed by atoms with Crippen molar-refractivity contribution >= 4 is 17.3 Å². The molecule has 17 heavy (non-hydrogen) atoms. The van der Waals surface area contributed by atoms with Gasteiger partial charge in [0.25, 0.3) is 0 Å². The van der Waals surface area contributed by atoms with E-state index in [0.717, 1.165) is 16.9 Å². The first-order chi connectivity index (χ1) is 8.20. The third-order valence-electron chi connectivity index (χ3n) is 4.76. The average molecular weight is 254 g/mol. The highest BCUT2D eigenvalue weighted by Crippen LogP contribution is 2.33. The summed E-state index contributed by atoms with van der Waals surface area (Å²) in [6.45, 7) is 4.68. The van der Waals surface area contributed by atoms with Gasteiger partial charge in [0.2, 0.25) is 0 Å². The van der Waals surface area contributed by atoms with Gasteiger partial charge in [-0.25, -0.2) is 0 Å². The monoisotopic (exact) mass is 254 g/mol. The Labute approximate surface area is 111 Å². The van der Waals surface area contributed by atoms with Gasteiger partial charge in [-0.05, 0) is 49.7 Å². The molecule has 0 aromatic heterocycles. The molecule has 3 atom stereocenters. The summed E-state index contributed by atoms with van der Waals surface area (Å²) >= 11 is 5.43. The quantitative estimate of drug-likeness (QED) is 0.756. The molecule has 0 radical (unpaired) electrons. The molecule has 3 unspecified atom stereocenters. The van der Waals surface area contributed by atoms with E-state index in [1.807, 2.05) is 0 Å². The highest BCUT2D eigenvalue weighted by Gasteiger charge is 2.32. The van der Waals surface area contributed by atoms with Crippen molar-refractivity contribution in [2.24, 2.45) is 11.8 Å². The number of hydrogen-bond donors (Lipinski definition) is 2. The first-order valence-electron chi connectivity index (χ1n) is 7.27. The minimum absolute atomic E-state index is 0.598. The minimum Gasteiger partial charge on any atom is -0.360 e. The van der Waals surface area contributed by atoms with E-state index in [1.54, 1.807) is 0 Å². The summed E-state index contributed by atoms with van der Waals surface area (Å²) in [7, 11) is 0. The van der Waals surface area contributed by atoms with Gasteiger partial charge in [0, 0.05) is 12.1 Å².